The monoisotopic (exact) mass is 238 g/mol. The number of amides is 1. The number of rotatable bonds is 3. The maximum Gasteiger partial charge on any atom is 0.257 e. The molecular formula is C12H18N2O3. The minimum atomic E-state index is -0.0512. The zero-order valence-corrected chi connectivity index (χ0v) is 10.0. The van der Waals surface area contributed by atoms with Crippen molar-refractivity contribution >= 4 is 5.91 Å². The van der Waals surface area contributed by atoms with Gasteiger partial charge in [-0.3, -0.25) is 4.79 Å². The first-order valence-corrected chi connectivity index (χ1v) is 5.93. The second kappa shape index (κ2) is 5.33. The van der Waals surface area contributed by atoms with Gasteiger partial charge in [-0.1, -0.05) is 6.92 Å². The molecule has 1 unspecified atom stereocenters. The van der Waals surface area contributed by atoms with Crippen molar-refractivity contribution in [2.45, 2.75) is 19.4 Å². The molecule has 0 bridgehead atoms. The smallest absolute Gasteiger partial charge is 0.257 e. The van der Waals surface area contributed by atoms with E-state index in [2.05, 4.69) is 0 Å². The lowest BCUT2D eigenvalue weighted by atomic mass is 10.1. The standard InChI is InChI=1S/C12H18N2O3/c1-2-11-10(3-5-17-11)12(15)14-4-6-16-9(7-13)8-14/h3,5,9H,2,4,6-8,13H2,1H3. The van der Waals surface area contributed by atoms with Gasteiger partial charge in [-0.15, -0.1) is 0 Å². The molecule has 2 rings (SSSR count). The molecule has 0 aromatic carbocycles. The first-order valence-electron chi connectivity index (χ1n) is 5.93. The lowest BCUT2D eigenvalue weighted by molar-refractivity contribution is -0.0168. The Hall–Kier alpha value is -1.33. The van der Waals surface area contributed by atoms with Crippen LogP contribution in [0.2, 0.25) is 0 Å². The molecule has 5 nitrogen and oxygen atoms in total. The Labute approximate surface area is 101 Å². The van der Waals surface area contributed by atoms with Crippen molar-refractivity contribution < 1.29 is 13.9 Å². The number of ether oxygens (including phenoxy) is 1. The predicted molar refractivity (Wildman–Crippen MR) is 62.8 cm³/mol. The Morgan fingerprint density at radius 3 is 3.18 bits per heavy atom. The normalized spacial score (nSPS) is 20.6. The molecule has 5 heteroatoms. The Morgan fingerprint density at radius 1 is 1.65 bits per heavy atom. The van der Waals surface area contributed by atoms with Crippen LogP contribution in [0.25, 0.3) is 0 Å². The zero-order valence-electron chi connectivity index (χ0n) is 10.0. The molecule has 0 aliphatic carbocycles. The maximum atomic E-state index is 12.3. The SMILES string of the molecule is CCc1occc1C(=O)N1CCOC(CN)C1. The summed E-state index contributed by atoms with van der Waals surface area (Å²) in [5.74, 6) is 0.753. The highest BCUT2D eigenvalue weighted by Gasteiger charge is 2.26. The molecule has 1 aliphatic heterocycles. The topological polar surface area (TPSA) is 68.7 Å². The van der Waals surface area contributed by atoms with Crippen LogP contribution in [-0.2, 0) is 11.2 Å². The van der Waals surface area contributed by atoms with Crippen molar-refractivity contribution in [3.8, 4) is 0 Å². The molecule has 1 atom stereocenters. The summed E-state index contributed by atoms with van der Waals surface area (Å²) in [6, 6.07) is 1.73. The van der Waals surface area contributed by atoms with E-state index in [9.17, 15) is 4.79 Å². The Bertz CT molecular complexity index is 389. The van der Waals surface area contributed by atoms with Gasteiger partial charge in [-0.05, 0) is 6.07 Å². The summed E-state index contributed by atoms with van der Waals surface area (Å²) in [6.45, 7) is 4.13. The van der Waals surface area contributed by atoms with Gasteiger partial charge in [0.15, 0.2) is 0 Å². The molecule has 1 aromatic rings. The molecule has 0 saturated carbocycles. The van der Waals surface area contributed by atoms with Gasteiger partial charge in [0.05, 0.1) is 24.5 Å². The minimum Gasteiger partial charge on any atom is -0.469 e. The van der Waals surface area contributed by atoms with Crippen molar-refractivity contribution in [2.24, 2.45) is 5.73 Å². The van der Waals surface area contributed by atoms with Gasteiger partial charge in [0, 0.05) is 26.1 Å². The van der Waals surface area contributed by atoms with Crippen LogP contribution in [-0.4, -0.2) is 43.2 Å². The Morgan fingerprint density at radius 2 is 2.47 bits per heavy atom. The van der Waals surface area contributed by atoms with Gasteiger partial charge in [0.2, 0.25) is 0 Å². The first-order chi connectivity index (χ1) is 8.26. The summed E-state index contributed by atoms with van der Waals surface area (Å²) in [5, 5.41) is 0. The van der Waals surface area contributed by atoms with Gasteiger partial charge >= 0.3 is 0 Å². The van der Waals surface area contributed by atoms with Gasteiger partial charge < -0.3 is 19.8 Å². The van der Waals surface area contributed by atoms with E-state index in [1.807, 2.05) is 6.92 Å². The van der Waals surface area contributed by atoms with E-state index < -0.39 is 0 Å². The van der Waals surface area contributed by atoms with Crippen LogP contribution < -0.4 is 5.73 Å². The fourth-order valence-electron chi connectivity index (χ4n) is 2.02. The highest BCUT2D eigenvalue weighted by Crippen LogP contribution is 2.16. The molecule has 2 heterocycles. The lowest BCUT2D eigenvalue weighted by Gasteiger charge is -2.32. The number of nitrogens with zero attached hydrogens (tertiary/aromatic N) is 1. The van der Waals surface area contributed by atoms with Crippen molar-refractivity contribution in [2.75, 3.05) is 26.2 Å². The molecule has 1 saturated heterocycles. The number of morpholine rings is 1. The highest BCUT2D eigenvalue weighted by atomic mass is 16.5. The first kappa shape index (κ1) is 12.1. The Kier molecular flexibility index (Phi) is 3.81. The summed E-state index contributed by atoms with van der Waals surface area (Å²) in [6.07, 6.45) is 2.23. The van der Waals surface area contributed by atoms with Crippen LogP contribution in [0.3, 0.4) is 0 Å². The van der Waals surface area contributed by atoms with Crippen LogP contribution in [0.5, 0.6) is 0 Å². The van der Waals surface area contributed by atoms with Crippen LogP contribution in [0, 0.1) is 0 Å². The van der Waals surface area contributed by atoms with Gasteiger partial charge in [-0.2, -0.15) is 0 Å². The number of furan rings is 1. The molecule has 0 radical (unpaired) electrons. The second-order valence-corrected chi connectivity index (χ2v) is 4.09. The molecule has 1 aliphatic rings. The number of nitrogens with two attached hydrogens (primary N) is 1. The van der Waals surface area contributed by atoms with E-state index in [0.717, 1.165) is 12.2 Å². The van der Waals surface area contributed by atoms with Crippen LogP contribution in [0.1, 0.15) is 23.0 Å². The fourth-order valence-corrected chi connectivity index (χ4v) is 2.02. The van der Waals surface area contributed by atoms with E-state index in [1.165, 1.54) is 0 Å². The van der Waals surface area contributed by atoms with Crippen LogP contribution in [0.4, 0.5) is 0 Å². The van der Waals surface area contributed by atoms with Crippen LogP contribution >= 0.6 is 0 Å². The van der Waals surface area contributed by atoms with Crippen molar-refractivity contribution in [1.29, 1.82) is 0 Å². The average Bonchev–Trinajstić information content (AvgIpc) is 2.86. The number of hydrogen-bond donors (Lipinski definition) is 1. The lowest BCUT2D eigenvalue weighted by Crippen LogP contribution is -2.48. The molecule has 1 aromatic heterocycles. The van der Waals surface area contributed by atoms with Crippen molar-refractivity contribution in [1.82, 2.24) is 4.90 Å². The fraction of sp³-hybridized carbons (Fsp3) is 0.583. The zero-order chi connectivity index (χ0) is 12.3. The average molecular weight is 238 g/mol. The van der Waals surface area contributed by atoms with E-state index in [0.29, 0.717) is 31.8 Å². The third kappa shape index (κ3) is 2.50. The molecule has 1 fully saturated rings. The van der Waals surface area contributed by atoms with Gasteiger partial charge in [0.25, 0.3) is 5.91 Å². The molecule has 0 spiro atoms. The van der Waals surface area contributed by atoms with E-state index in [-0.39, 0.29) is 12.0 Å². The highest BCUT2D eigenvalue weighted by molar-refractivity contribution is 5.95. The number of carbonyl (C=O) groups excluding carboxylic acids is 1. The van der Waals surface area contributed by atoms with Gasteiger partial charge in [0.1, 0.15) is 5.76 Å². The third-order valence-electron chi connectivity index (χ3n) is 2.99. The largest absolute Gasteiger partial charge is 0.469 e. The van der Waals surface area contributed by atoms with E-state index in [4.69, 9.17) is 14.9 Å². The second-order valence-electron chi connectivity index (χ2n) is 4.09. The number of carbonyl (C=O) groups is 1. The van der Waals surface area contributed by atoms with Gasteiger partial charge in [-0.25, -0.2) is 0 Å². The maximum absolute atomic E-state index is 12.3. The summed E-state index contributed by atoms with van der Waals surface area (Å²) >= 11 is 0. The summed E-state index contributed by atoms with van der Waals surface area (Å²) < 4.78 is 10.7. The molecule has 94 valence electrons. The molecule has 17 heavy (non-hydrogen) atoms. The van der Waals surface area contributed by atoms with E-state index >= 15 is 0 Å². The number of aryl methyl sites for hydroxylation is 1. The van der Waals surface area contributed by atoms with Crippen molar-refractivity contribution in [3.63, 3.8) is 0 Å². The minimum absolute atomic E-state index is 0.0114. The summed E-state index contributed by atoms with van der Waals surface area (Å²) in [7, 11) is 0. The predicted octanol–water partition coefficient (Wildman–Crippen LogP) is 0.642. The molecule has 2 N–H and O–H groups in total. The van der Waals surface area contributed by atoms with Crippen molar-refractivity contribution in [3.05, 3.63) is 23.7 Å². The van der Waals surface area contributed by atoms with E-state index in [1.54, 1.807) is 17.2 Å². The number of hydrogen-bond acceptors (Lipinski definition) is 4. The molecular weight excluding hydrogens is 220 g/mol. The molecule has 1 amide bonds. The third-order valence-corrected chi connectivity index (χ3v) is 2.99. The summed E-state index contributed by atoms with van der Waals surface area (Å²) in [5.41, 5.74) is 6.22. The summed E-state index contributed by atoms with van der Waals surface area (Å²) in [4.78, 5) is 14.1. The quantitative estimate of drug-likeness (QED) is 0.839. The Balaban J connectivity index is 2.09. The van der Waals surface area contributed by atoms with Crippen LogP contribution in [0.15, 0.2) is 16.7 Å².